The summed E-state index contributed by atoms with van der Waals surface area (Å²) < 4.78 is 0. The standard InChI is InChI=1S/C9H15N3O2S/c1-5-3-9(2,7(13)14)4-6(5)11-12-8(10)15/h5H,3-4H2,1-2H3,(H,13,14)(H3,10,12,15)/b11-6-/t5-,9+/m0/s1. The molecule has 0 amide bonds. The predicted molar refractivity (Wildman–Crippen MR) is 61.5 cm³/mol. The quantitative estimate of drug-likeness (QED) is 0.479. The van der Waals surface area contributed by atoms with E-state index in [0.717, 1.165) is 5.71 Å². The van der Waals surface area contributed by atoms with Gasteiger partial charge in [0.05, 0.1) is 5.41 Å². The number of hydrogen-bond donors (Lipinski definition) is 3. The van der Waals surface area contributed by atoms with Crippen LogP contribution in [0.4, 0.5) is 0 Å². The average Bonchev–Trinajstić information content (AvgIpc) is 2.39. The van der Waals surface area contributed by atoms with Gasteiger partial charge in [0.1, 0.15) is 0 Å². The number of carbonyl (C=O) groups is 1. The van der Waals surface area contributed by atoms with Gasteiger partial charge in [-0.05, 0) is 31.5 Å². The van der Waals surface area contributed by atoms with Gasteiger partial charge in [0, 0.05) is 12.1 Å². The Bertz CT molecular complexity index is 329. The molecule has 5 nitrogen and oxygen atoms in total. The summed E-state index contributed by atoms with van der Waals surface area (Å²) in [5, 5.41) is 13.2. The van der Waals surface area contributed by atoms with Crippen LogP contribution in [-0.4, -0.2) is 21.9 Å². The first kappa shape index (κ1) is 11.9. The Morgan fingerprint density at radius 1 is 1.80 bits per heavy atom. The second kappa shape index (κ2) is 4.14. The van der Waals surface area contributed by atoms with Crippen LogP contribution in [0.3, 0.4) is 0 Å². The van der Waals surface area contributed by atoms with Gasteiger partial charge in [0.15, 0.2) is 5.11 Å². The van der Waals surface area contributed by atoms with E-state index in [0.29, 0.717) is 12.8 Å². The minimum Gasteiger partial charge on any atom is -0.481 e. The van der Waals surface area contributed by atoms with Crippen LogP contribution >= 0.6 is 12.2 Å². The lowest BCUT2D eigenvalue weighted by Gasteiger charge is -2.15. The van der Waals surface area contributed by atoms with E-state index in [1.807, 2.05) is 6.92 Å². The Balaban J connectivity index is 2.76. The van der Waals surface area contributed by atoms with Gasteiger partial charge < -0.3 is 10.8 Å². The lowest BCUT2D eigenvalue weighted by molar-refractivity contribution is -0.147. The molecule has 84 valence electrons. The number of aliphatic carboxylic acids is 1. The van der Waals surface area contributed by atoms with Gasteiger partial charge in [-0.3, -0.25) is 10.2 Å². The Labute approximate surface area is 93.7 Å². The second-order valence-corrected chi connectivity index (χ2v) is 4.67. The molecule has 0 saturated heterocycles. The van der Waals surface area contributed by atoms with Crippen LogP contribution < -0.4 is 11.2 Å². The Morgan fingerprint density at radius 3 is 2.80 bits per heavy atom. The van der Waals surface area contributed by atoms with Crippen molar-refractivity contribution in [1.29, 1.82) is 0 Å². The van der Waals surface area contributed by atoms with E-state index in [9.17, 15) is 4.79 Å². The topological polar surface area (TPSA) is 87.7 Å². The fourth-order valence-electron chi connectivity index (χ4n) is 1.88. The van der Waals surface area contributed by atoms with Crippen LogP contribution in [-0.2, 0) is 4.79 Å². The molecule has 0 radical (unpaired) electrons. The SMILES string of the molecule is C[C@H]1C[C@@](C)(C(=O)O)C/C1=N/NC(N)=S. The summed E-state index contributed by atoms with van der Waals surface area (Å²) in [6.07, 6.45) is 1.04. The molecule has 1 aliphatic carbocycles. The average molecular weight is 229 g/mol. The largest absolute Gasteiger partial charge is 0.481 e. The molecule has 0 heterocycles. The Hall–Kier alpha value is -1.17. The number of nitrogens with one attached hydrogen (secondary N) is 1. The van der Waals surface area contributed by atoms with E-state index in [2.05, 4.69) is 22.7 Å². The fourth-order valence-corrected chi connectivity index (χ4v) is 1.92. The number of hydrazone groups is 1. The molecule has 2 atom stereocenters. The van der Waals surface area contributed by atoms with Crippen LogP contribution in [0.25, 0.3) is 0 Å². The third-order valence-corrected chi connectivity index (χ3v) is 2.81. The van der Waals surface area contributed by atoms with Gasteiger partial charge in [-0.2, -0.15) is 5.10 Å². The number of rotatable bonds is 2. The highest BCUT2D eigenvalue weighted by Crippen LogP contribution is 2.39. The van der Waals surface area contributed by atoms with E-state index in [1.54, 1.807) is 6.92 Å². The molecular formula is C9H15N3O2S. The fraction of sp³-hybridized carbons (Fsp3) is 0.667. The molecule has 0 aromatic heterocycles. The van der Waals surface area contributed by atoms with E-state index in [-0.39, 0.29) is 11.0 Å². The van der Waals surface area contributed by atoms with Gasteiger partial charge >= 0.3 is 5.97 Å². The maximum absolute atomic E-state index is 11.0. The number of nitrogens with zero attached hydrogens (tertiary/aromatic N) is 1. The minimum absolute atomic E-state index is 0.0960. The molecule has 6 heteroatoms. The van der Waals surface area contributed by atoms with Crippen LogP contribution in [0.2, 0.25) is 0 Å². The summed E-state index contributed by atoms with van der Waals surface area (Å²) in [7, 11) is 0. The zero-order chi connectivity index (χ0) is 11.6. The first-order valence-electron chi connectivity index (χ1n) is 4.70. The van der Waals surface area contributed by atoms with Crippen molar-refractivity contribution < 1.29 is 9.90 Å². The van der Waals surface area contributed by atoms with Crippen LogP contribution in [0, 0.1) is 11.3 Å². The summed E-state index contributed by atoms with van der Waals surface area (Å²) >= 11 is 4.62. The number of carboxylic acids is 1. The zero-order valence-corrected chi connectivity index (χ0v) is 9.60. The van der Waals surface area contributed by atoms with Crippen molar-refractivity contribution in [2.24, 2.45) is 22.2 Å². The van der Waals surface area contributed by atoms with Gasteiger partial charge in [-0.25, -0.2) is 0 Å². The van der Waals surface area contributed by atoms with Crippen molar-refractivity contribution in [3.8, 4) is 0 Å². The van der Waals surface area contributed by atoms with Crippen molar-refractivity contribution in [1.82, 2.24) is 5.43 Å². The molecule has 4 N–H and O–H groups in total. The third kappa shape index (κ3) is 2.65. The van der Waals surface area contributed by atoms with Crippen molar-refractivity contribution in [3.63, 3.8) is 0 Å². The first-order valence-corrected chi connectivity index (χ1v) is 5.11. The summed E-state index contributed by atoms with van der Waals surface area (Å²) in [5.74, 6) is -0.636. The van der Waals surface area contributed by atoms with E-state index in [1.165, 1.54) is 0 Å². The highest BCUT2D eigenvalue weighted by molar-refractivity contribution is 7.80. The van der Waals surface area contributed by atoms with Gasteiger partial charge in [0.25, 0.3) is 0 Å². The second-order valence-electron chi connectivity index (χ2n) is 4.23. The van der Waals surface area contributed by atoms with Crippen LogP contribution in [0.1, 0.15) is 26.7 Å². The highest BCUT2D eigenvalue weighted by Gasteiger charge is 2.43. The van der Waals surface area contributed by atoms with E-state index < -0.39 is 11.4 Å². The van der Waals surface area contributed by atoms with Gasteiger partial charge in [-0.1, -0.05) is 6.92 Å². The highest BCUT2D eigenvalue weighted by atomic mass is 32.1. The summed E-state index contributed by atoms with van der Waals surface area (Å²) in [5.41, 5.74) is 7.84. The van der Waals surface area contributed by atoms with E-state index in [4.69, 9.17) is 10.8 Å². The summed E-state index contributed by atoms with van der Waals surface area (Å²) in [6, 6.07) is 0. The maximum Gasteiger partial charge on any atom is 0.309 e. The molecule has 15 heavy (non-hydrogen) atoms. The lowest BCUT2D eigenvalue weighted by Crippen LogP contribution is -2.27. The molecule has 1 aliphatic rings. The minimum atomic E-state index is -0.783. The van der Waals surface area contributed by atoms with E-state index >= 15 is 0 Å². The smallest absolute Gasteiger partial charge is 0.309 e. The molecule has 1 rings (SSSR count). The molecule has 0 spiro atoms. The number of hydrogen-bond acceptors (Lipinski definition) is 3. The number of carboxylic acid groups (broad SMARTS) is 1. The van der Waals surface area contributed by atoms with Crippen molar-refractivity contribution in [3.05, 3.63) is 0 Å². The first-order chi connectivity index (χ1) is 6.85. The Kier molecular flexibility index (Phi) is 3.28. The van der Waals surface area contributed by atoms with Crippen molar-refractivity contribution in [2.45, 2.75) is 26.7 Å². The predicted octanol–water partition coefficient (Wildman–Crippen LogP) is 0.696. The molecule has 0 unspecified atom stereocenters. The molecular weight excluding hydrogens is 214 g/mol. The molecule has 0 bridgehead atoms. The zero-order valence-electron chi connectivity index (χ0n) is 8.78. The number of thiocarbonyl (C=S) groups is 1. The molecule has 1 saturated carbocycles. The maximum atomic E-state index is 11.0. The third-order valence-electron chi connectivity index (χ3n) is 2.72. The molecule has 0 aliphatic heterocycles. The summed E-state index contributed by atoms with van der Waals surface area (Å²) in [6.45, 7) is 3.68. The number of nitrogens with two attached hydrogens (primary N) is 1. The Morgan fingerprint density at radius 2 is 2.40 bits per heavy atom. The van der Waals surface area contributed by atoms with Gasteiger partial charge in [-0.15, -0.1) is 0 Å². The van der Waals surface area contributed by atoms with Crippen LogP contribution in [0.5, 0.6) is 0 Å². The molecule has 0 aromatic rings. The van der Waals surface area contributed by atoms with Crippen molar-refractivity contribution in [2.75, 3.05) is 0 Å². The van der Waals surface area contributed by atoms with Crippen molar-refractivity contribution >= 4 is 29.0 Å². The monoisotopic (exact) mass is 229 g/mol. The summed E-state index contributed by atoms with van der Waals surface area (Å²) in [4.78, 5) is 11.0. The molecule has 0 aromatic carbocycles. The van der Waals surface area contributed by atoms with Gasteiger partial charge in [0.2, 0.25) is 0 Å². The lowest BCUT2D eigenvalue weighted by atomic mass is 9.88. The molecule has 1 fully saturated rings. The normalized spacial score (nSPS) is 32.9. The van der Waals surface area contributed by atoms with Crippen LogP contribution in [0.15, 0.2) is 5.10 Å².